The third-order valence-electron chi connectivity index (χ3n) is 0. The Kier molecular flexibility index (Phi) is 102. The molecule has 15 valence electrons. The zero-order valence-corrected chi connectivity index (χ0v) is 5.71. The summed E-state index contributed by atoms with van der Waals surface area (Å²) in [5.41, 5.74) is 0. The zero-order chi connectivity index (χ0) is 2.00. The van der Waals surface area contributed by atoms with Gasteiger partial charge in [-0.2, -0.15) is 6.92 Å². The summed E-state index contributed by atoms with van der Waals surface area (Å²) in [6.45, 7) is 5.00. The largest absolute Gasteiger partial charge is 1.00 e. The summed E-state index contributed by atoms with van der Waals surface area (Å²) >= 11 is 0. The van der Waals surface area contributed by atoms with Crippen molar-refractivity contribution in [3.63, 3.8) is 0 Å². The molecule has 0 unspecified atom stereocenters. The van der Waals surface area contributed by atoms with Gasteiger partial charge in [0.2, 0.25) is 0 Å². The first-order chi connectivity index (χ1) is 1.00. The van der Waals surface area contributed by atoms with Gasteiger partial charge in [0.15, 0.2) is 0 Å². The van der Waals surface area contributed by atoms with Crippen molar-refractivity contribution in [1.82, 2.24) is 0 Å². The summed E-state index contributed by atoms with van der Waals surface area (Å²) in [5, 5.41) is 0. The second kappa shape index (κ2) is 23.3. The van der Waals surface area contributed by atoms with Crippen molar-refractivity contribution in [2.45, 2.75) is 6.92 Å². The van der Waals surface area contributed by atoms with Crippen LogP contribution in [-0.4, -0.2) is 18.9 Å². The second-order valence-electron chi connectivity index (χ2n) is 0. The van der Waals surface area contributed by atoms with E-state index in [1.807, 2.05) is 0 Å². The van der Waals surface area contributed by atoms with E-state index in [1.165, 1.54) is 0 Å². The molecule has 0 saturated carbocycles. The molecule has 0 aromatic carbocycles. The normalized spacial score (nSPS) is 1.50. The Morgan fingerprint density at radius 3 is 1.25 bits per heavy atom. The van der Waals surface area contributed by atoms with Gasteiger partial charge in [0.05, 0.1) is 0 Å². The number of hydrogen-bond donors (Lipinski definition) is 0. The van der Waals surface area contributed by atoms with E-state index in [1.54, 1.807) is 6.92 Å². The predicted molar refractivity (Wildman–Crippen MR) is 16.8 cm³/mol. The molecule has 0 fully saturated rings. The van der Waals surface area contributed by atoms with Crippen molar-refractivity contribution in [3.8, 4) is 0 Å². The molecule has 0 N–H and O–H groups in total. The van der Waals surface area contributed by atoms with Gasteiger partial charge >= 0.3 is 29.6 Å². The van der Waals surface area contributed by atoms with Crippen LogP contribution >= 0.6 is 0 Å². The molecule has 0 aromatic rings. The first kappa shape index (κ1) is 17.5. The maximum absolute atomic E-state index is 3.25. The quantitative estimate of drug-likeness (QED) is 0.213. The summed E-state index contributed by atoms with van der Waals surface area (Å²) < 4.78 is 0. The molecule has 0 spiro atoms. The first-order valence-electron chi connectivity index (χ1n) is 0.707. The van der Waals surface area contributed by atoms with Crippen molar-refractivity contribution >= 4 is 18.9 Å². The van der Waals surface area contributed by atoms with Gasteiger partial charge in [0.1, 0.15) is 0 Å². The Morgan fingerprint density at radius 2 is 1.25 bits per heavy atom. The Labute approximate surface area is 61.8 Å². The smallest absolute Gasteiger partial charge is 0.346 e. The van der Waals surface area contributed by atoms with Crippen LogP contribution in [0.3, 0.4) is 0 Å². The van der Waals surface area contributed by atoms with E-state index in [0.717, 1.165) is 0 Å². The van der Waals surface area contributed by atoms with Crippen LogP contribution in [0, 0.1) is 6.92 Å². The van der Waals surface area contributed by atoms with Crippen molar-refractivity contribution in [2.75, 3.05) is 0 Å². The molecule has 4 heavy (non-hydrogen) atoms. The van der Waals surface area contributed by atoms with Crippen LogP contribution < -0.4 is 29.6 Å². The van der Waals surface area contributed by atoms with Crippen LogP contribution in [0.25, 0.3) is 0 Å². The summed E-state index contributed by atoms with van der Waals surface area (Å²) in [4.78, 5) is 0. The van der Waals surface area contributed by atoms with Crippen LogP contribution in [0.15, 0.2) is 0 Å². The molecule has 0 aliphatic heterocycles. The monoisotopic (exact) mass is 59.0 g/mol. The molecule has 0 nitrogen and oxygen atoms in total. The molecular formula is C2H5LiNa. The molecule has 0 amide bonds. The van der Waals surface area contributed by atoms with Crippen molar-refractivity contribution < 1.29 is 29.6 Å². The van der Waals surface area contributed by atoms with Gasteiger partial charge in [0, 0.05) is 18.9 Å². The molecule has 0 rings (SSSR count). The van der Waals surface area contributed by atoms with Gasteiger partial charge in [-0.25, -0.2) is 0 Å². The topological polar surface area (TPSA) is 0 Å². The fourth-order valence-electron chi connectivity index (χ4n) is 0. The fraction of sp³-hybridized carbons (Fsp3) is 0.500. The van der Waals surface area contributed by atoms with Gasteiger partial charge in [-0.3, -0.25) is 0 Å². The van der Waals surface area contributed by atoms with E-state index < -0.39 is 0 Å². The van der Waals surface area contributed by atoms with E-state index >= 15 is 0 Å². The third-order valence-corrected chi connectivity index (χ3v) is 0. The SMILES string of the molecule is [CH2-]C.[Li].[Na+]. The zero-order valence-electron chi connectivity index (χ0n) is 3.71. The Morgan fingerprint density at radius 1 is 1.25 bits per heavy atom. The average molecular weight is 59.0 g/mol. The summed E-state index contributed by atoms with van der Waals surface area (Å²) in [5.74, 6) is 0. The maximum Gasteiger partial charge on any atom is 1.00 e. The molecule has 1 radical (unpaired) electrons. The van der Waals surface area contributed by atoms with Gasteiger partial charge in [-0.05, 0) is 0 Å². The van der Waals surface area contributed by atoms with Crippen LogP contribution in [0.5, 0.6) is 0 Å². The van der Waals surface area contributed by atoms with Crippen LogP contribution in [0.1, 0.15) is 6.92 Å². The second-order valence-corrected chi connectivity index (χ2v) is 0. The molecular weight excluding hydrogens is 54.0 g/mol. The van der Waals surface area contributed by atoms with Gasteiger partial charge in [-0.1, -0.05) is 0 Å². The molecule has 0 aromatic heterocycles. The Balaban J connectivity index is -0.00000000500. The first-order valence-corrected chi connectivity index (χ1v) is 0.707. The minimum Gasteiger partial charge on any atom is -0.346 e. The van der Waals surface area contributed by atoms with Crippen molar-refractivity contribution in [1.29, 1.82) is 0 Å². The Bertz CT molecular complexity index is 6.00. The number of hydrogen-bond acceptors (Lipinski definition) is 0. The van der Waals surface area contributed by atoms with E-state index in [2.05, 4.69) is 6.92 Å². The van der Waals surface area contributed by atoms with E-state index in [-0.39, 0.29) is 48.4 Å². The molecule has 0 aliphatic carbocycles. The standard InChI is InChI=1S/C2H5.Li.Na/c1-2;;/h1H2,2H3;;/q-1;;+1. The van der Waals surface area contributed by atoms with Crippen LogP contribution in [-0.2, 0) is 0 Å². The van der Waals surface area contributed by atoms with Crippen molar-refractivity contribution in [3.05, 3.63) is 6.92 Å². The molecule has 0 bridgehead atoms. The summed E-state index contributed by atoms with van der Waals surface area (Å²) in [7, 11) is 0. The molecule has 0 atom stereocenters. The van der Waals surface area contributed by atoms with Gasteiger partial charge in [-0.15, -0.1) is 0 Å². The van der Waals surface area contributed by atoms with Crippen LogP contribution in [0.4, 0.5) is 0 Å². The Hall–Kier alpha value is 1.60. The van der Waals surface area contributed by atoms with Crippen molar-refractivity contribution in [2.24, 2.45) is 0 Å². The van der Waals surface area contributed by atoms with E-state index in [0.29, 0.717) is 0 Å². The van der Waals surface area contributed by atoms with Crippen LogP contribution in [0.2, 0.25) is 0 Å². The summed E-state index contributed by atoms with van der Waals surface area (Å²) in [6, 6.07) is 0. The minimum absolute atomic E-state index is 0. The predicted octanol–water partition coefficient (Wildman–Crippen LogP) is -2.54. The maximum atomic E-state index is 3.25. The molecule has 2 heteroatoms. The van der Waals surface area contributed by atoms with E-state index in [4.69, 9.17) is 0 Å². The van der Waals surface area contributed by atoms with Gasteiger partial charge in [0.25, 0.3) is 0 Å². The molecule has 0 saturated heterocycles. The summed E-state index contributed by atoms with van der Waals surface area (Å²) in [6.07, 6.45) is 0. The van der Waals surface area contributed by atoms with E-state index in [9.17, 15) is 0 Å². The van der Waals surface area contributed by atoms with Gasteiger partial charge < -0.3 is 6.92 Å². The third kappa shape index (κ3) is 9.51. The fourth-order valence-corrected chi connectivity index (χ4v) is 0. The average Bonchev–Trinajstić information content (AvgIpc) is 1.00. The minimum atomic E-state index is 0. The molecule has 0 heterocycles. The number of rotatable bonds is 0. The molecule has 0 aliphatic rings.